The number of alkyl halides is 1. The van der Waals surface area contributed by atoms with Gasteiger partial charge in [-0.3, -0.25) is 0 Å². The SMILES string of the molecule is CC(CI)COC1COCC12OCCO2. The maximum absolute atomic E-state index is 5.81. The third-order valence-electron chi connectivity index (χ3n) is 2.68. The Bertz CT molecular complexity index is 200. The van der Waals surface area contributed by atoms with E-state index in [4.69, 9.17) is 18.9 Å². The Morgan fingerprint density at radius 2 is 2.20 bits per heavy atom. The summed E-state index contributed by atoms with van der Waals surface area (Å²) in [4.78, 5) is 0. The van der Waals surface area contributed by atoms with Gasteiger partial charge in [0.2, 0.25) is 5.79 Å². The van der Waals surface area contributed by atoms with Crippen molar-refractivity contribution < 1.29 is 18.9 Å². The van der Waals surface area contributed by atoms with Crippen molar-refractivity contribution in [1.82, 2.24) is 0 Å². The van der Waals surface area contributed by atoms with Crippen LogP contribution in [0.3, 0.4) is 0 Å². The van der Waals surface area contributed by atoms with Crippen molar-refractivity contribution in [1.29, 1.82) is 0 Å². The number of rotatable bonds is 4. The minimum absolute atomic E-state index is 0.0644. The number of ether oxygens (including phenoxy) is 4. The van der Waals surface area contributed by atoms with Gasteiger partial charge in [0.05, 0.1) is 26.4 Å². The molecule has 0 aromatic heterocycles. The maximum Gasteiger partial charge on any atom is 0.221 e. The lowest BCUT2D eigenvalue weighted by Crippen LogP contribution is -2.44. The first-order valence-corrected chi connectivity index (χ1v) is 6.82. The van der Waals surface area contributed by atoms with Crippen LogP contribution < -0.4 is 0 Å². The standard InChI is InChI=1S/C10H17IO4/c1-8(4-11)5-13-9-6-12-7-10(9)14-2-3-15-10/h8-9H,2-7H2,1H3. The van der Waals surface area contributed by atoms with Crippen molar-refractivity contribution in [2.45, 2.75) is 18.8 Å². The van der Waals surface area contributed by atoms with Crippen molar-refractivity contribution in [3.8, 4) is 0 Å². The molecule has 2 atom stereocenters. The van der Waals surface area contributed by atoms with Crippen LogP contribution >= 0.6 is 22.6 Å². The molecule has 2 aliphatic heterocycles. The second kappa shape index (κ2) is 5.27. The van der Waals surface area contributed by atoms with Crippen LogP contribution in [0, 0.1) is 5.92 Å². The van der Waals surface area contributed by atoms with E-state index in [1.54, 1.807) is 0 Å². The molecule has 0 aromatic rings. The van der Waals surface area contributed by atoms with E-state index in [0.717, 1.165) is 11.0 Å². The number of hydrogen-bond acceptors (Lipinski definition) is 4. The lowest BCUT2D eigenvalue weighted by molar-refractivity contribution is -0.212. The topological polar surface area (TPSA) is 36.9 Å². The molecule has 15 heavy (non-hydrogen) atoms. The minimum atomic E-state index is -0.606. The fraction of sp³-hybridized carbons (Fsp3) is 1.00. The minimum Gasteiger partial charge on any atom is -0.373 e. The molecule has 2 saturated heterocycles. The van der Waals surface area contributed by atoms with Crippen LogP contribution in [0.5, 0.6) is 0 Å². The van der Waals surface area contributed by atoms with Crippen LogP contribution in [-0.4, -0.2) is 49.4 Å². The van der Waals surface area contributed by atoms with Gasteiger partial charge in [0.1, 0.15) is 12.7 Å². The van der Waals surface area contributed by atoms with Gasteiger partial charge in [0, 0.05) is 4.43 Å². The fourth-order valence-corrected chi connectivity index (χ4v) is 2.02. The van der Waals surface area contributed by atoms with Gasteiger partial charge in [-0.1, -0.05) is 29.5 Å². The summed E-state index contributed by atoms with van der Waals surface area (Å²) < 4.78 is 23.5. The summed E-state index contributed by atoms with van der Waals surface area (Å²) >= 11 is 2.37. The van der Waals surface area contributed by atoms with Crippen LogP contribution in [-0.2, 0) is 18.9 Å². The molecule has 0 aliphatic carbocycles. The molecule has 2 aliphatic rings. The summed E-state index contributed by atoms with van der Waals surface area (Å²) in [6.07, 6.45) is -0.0644. The number of halogens is 1. The molecule has 1 spiro atoms. The van der Waals surface area contributed by atoms with E-state index in [1.165, 1.54) is 0 Å². The van der Waals surface area contributed by atoms with Crippen molar-refractivity contribution in [3.63, 3.8) is 0 Å². The number of hydrogen-bond donors (Lipinski definition) is 0. The second-order valence-corrected chi connectivity index (χ2v) is 4.99. The monoisotopic (exact) mass is 328 g/mol. The van der Waals surface area contributed by atoms with Crippen LogP contribution in [0.1, 0.15) is 6.92 Å². The second-order valence-electron chi connectivity index (χ2n) is 4.11. The van der Waals surface area contributed by atoms with Gasteiger partial charge >= 0.3 is 0 Å². The van der Waals surface area contributed by atoms with Gasteiger partial charge in [-0.25, -0.2) is 0 Å². The zero-order chi connectivity index (χ0) is 10.7. The molecule has 0 amide bonds. The summed E-state index contributed by atoms with van der Waals surface area (Å²) in [5, 5.41) is 0. The zero-order valence-corrected chi connectivity index (χ0v) is 11.1. The summed E-state index contributed by atoms with van der Waals surface area (Å²) in [5.41, 5.74) is 0. The van der Waals surface area contributed by atoms with E-state index < -0.39 is 5.79 Å². The molecule has 2 heterocycles. The molecule has 0 bridgehead atoms. The van der Waals surface area contributed by atoms with Crippen molar-refractivity contribution in [3.05, 3.63) is 0 Å². The smallest absolute Gasteiger partial charge is 0.221 e. The van der Waals surface area contributed by atoms with Crippen LogP contribution in [0.2, 0.25) is 0 Å². The quantitative estimate of drug-likeness (QED) is 0.574. The Morgan fingerprint density at radius 3 is 2.87 bits per heavy atom. The third kappa shape index (κ3) is 2.63. The highest BCUT2D eigenvalue weighted by Gasteiger charge is 2.50. The van der Waals surface area contributed by atoms with Gasteiger partial charge in [0.25, 0.3) is 0 Å². The fourth-order valence-electron chi connectivity index (χ4n) is 1.77. The normalized spacial score (nSPS) is 31.2. The molecule has 4 nitrogen and oxygen atoms in total. The van der Waals surface area contributed by atoms with E-state index in [9.17, 15) is 0 Å². The summed E-state index contributed by atoms with van der Waals surface area (Å²) in [6.45, 7) is 5.27. The van der Waals surface area contributed by atoms with Gasteiger partial charge in [-0.15, -0.1) is 0 Å². The first-order chi connectivity index (χ1) is 7.27. The highest BCUT2D eigenvalue weighted by molar-refractivity contribution is 14.1. The van der Waals surface area contributed by atoms with E-state index >= 15 is 0 Å². The lowest BCUT2D eigenvalue weighted by Gasteiger charge is -2.27. The Labute approximate surface area is 104 Å². The molecule has 0 N–H and O–H groups in total. The van der Waals surface area contributed by atoms with E-state index in [2.05, 4.69) is 29.5 Å². The first kappa shape index (κ1) is 12.0. The molecule has 5 heteroatoms. The molecular weight excluding hydrogens is 311 g/mol. The summed E-state index contributed by atoms with van der Waals surface area (Å²) in [5.74, 6) is -0.0463. The Morgan fingerprint density at radius 1 is 1.47 bits per heavy atom. The maximum atomic E-state index is 5.81. The average Bonchev–Trinajstić information content (AvgIpc) is 2.87. The van der Waals surface area contributed by atoms with Gasteiger partial charge < -0.3 is 18.9 Å². The first-order valence-electron chi connectivity index (χ1n) is 5.30. The van der Waals surface area contributed by atoms with Gasteiger partial charge in [0.15, 0.2) is 0 Å². The average molecular weight is 328 g/mol. The molecular formula is C10H17IO4. The third-order valence-corrected chi connectivity index (χ3v) is 4.19. The molecule has 0 aromatic carbocycles. The van der Waals surface area contributed by atoms with E-state index in [1.807, 2.05) is 0 Å². The van der Waals surface area contributed by atoms with Crippen molar-refractivity contribution in [2.24, 2.45) is 5.92 Å². The van der Waals surface area contributed by atoms with Crippen LogP contribution in [0.15, 0.2) is 0 Å². The Kier molecular flexibility index (Phi) is 4.23. The van der Waals surface area contributed by atoms with Crippen LogP contribution in [0.4, 0.5) is 0 Å². The highest BCUT2D eigenvalue weighted by atomic mass is 127. The Hall–Kier alpha value is 0.570. The van der Waals surface area contributed by atoms with Crippen LogP contribution in [0.25, 0.3) is 0 Å². The molecule has 2 fully saturated rings. The Balaban J connectivity index is 1.85. The van der Waals surface area contributed by atoms with Gasteiger partial charge in [-0.2, -0.15) is 0 Å². The largest absolute Gasteiger partial charge is 0.373 e. The highest BCUT2D eigenvalue weighted by Crippen LogP contribution is 2.31. The summed E-state index contributed by atoms with van der Waals surface area (Å²) in [6, 6.07) is 0. The molecule has 88 valence electrons. The molecule has 0 radical (unpaired) electrons. The predicted molar refractivity (Wildman–Crippen MR) is 63.2 cm³/mol. The van der Waals surface area contributed by atoms with Gasteiger partial charge in [-0.05, 0) is 5.92 Å². The van der Waals surface area contributed by atoms with E-state index in [0.29, 0.717) is 32.3 Å². The molecule has 2 unspecified atom stereocenters. The predicted octanol–water partition coefficient (Wildman–Crippen LogP) is 1.22. The van der Waals surface area contributed by atoms with Crippen molar-refractivity contribution >= 4 is 22.6 Å². The zero-order valence-electron chi connectivity index (χ0n) is 8.91. The molecule has 0 saturated carbocycles. The molecule has 2 rings (SSSR count). The van der Waals surface area contributed by atoms with E-state index in [-0.39, 0.29) is 6.10 Å². The lowest BCUT2D eigenvalue weighted by atomic mass is 10.2. The summed E-state index contributed by atoms with van der Waals surface area (Å²) in [7, 11) is 0. The van der Waals surface area contributed by atoms with Crippen molar-refractivity contribution in [2.75, 3.05) is 37.5 Å².